The summed E-state index contributed by atoms with van der Waals surface area (Å²) in [5, 5.41) is 0. The predicted octanol–water partition coefficient (Wildman–Crippen LogP) is 2.81. The summed E-state index contributed by atoms with van der Waals surface area (Å²) in [6.45, 7) is 2.73. The average molecular weight is 232 g/mol. The van der Waals surface area contributed by atoms with E-state index in [0.717, 1.165) is 17.9 Å². The molecule has 1 aliphatic rings. The SMILES string of the molecule is CCN(C(=O)CC1CCC1)c1ccc(N)cc1. The molecular weight excluding hydrogens is 212 g/mol. The highest BCUT2D eigenvalue weighted by molar-refractivity contribution is 5.93. The smallest absolute Gasteiger partial charge is 0.227 e. The topological polar surface area (TPSA) is 46.3 Å². The third-order valence-corrected chi connectivity index (χ3v) is 3.51. The highest BCUT2D eigenvalue weighted by atomic mass is 16.2. The third kappa shape index (κ3) is 2.78. The van der Waals surface area contributed by atoms with Crippen molar-refractivity contribution in [3.8, 4) is 0 Å². The number of nitrogens with zero attached hydrogens (tertiary/aromatic N) is 1. The molecule has 17 heavy (non-hydrogen) atoms. The fraction of sp³-hybridized carbons (Fsp3) is 0.500. The molecule has 0 unspecified atom stereocenters. The number of amides is 1. The third-order valence-electron chi connectivity index (χ3n) is 3.51. The number of carbonyl (C=O) groups excluding carboxylic acids is 1. The van der Waals surface area contributed by atoms with Crippen LogP contribution in [0.3, 0.4) is 0 Å². The minimum Gasteiger partial charge on any atom is -0.399 e. The maximum absolute atomic E-state index is 12.2. The second-order valence-corrected chi connectivity index (χ2v) is 4.73. The summed E-state index contributed by atoms with van der Waals surface area (Å²) >= 11 is 0. The Morgan fingerprint density at radius 2 is 2.00 bits per heavy atom. The molecule has 0 aliphatic heterocycles. The highest BCUT2D eigenvalue weighted by Crippen LogP contribution is 2.30. The zero-order valence-electron chi connectivity index (χ0n) is 10.4. The molecule has 1 aliphatic carbocycles. The molecular formula is C14H20N2O. The number of benzene rings is 1. The molecule has 1 aromatic rings. The van der Waals surface area contributed by atoms with Crippen LogP contribution in [0.15, 0.2) is 24.3 Å². The lowest BCUT2D eigenvalue weighted by Crippen LogP contribution is -2.33. The molecule has 0 aromatic heterocycles. The summed E-state index contributed by atoms with van der Waals surface area (Å²) in [7, 11) is 0. The zero-order chi connectivity index (χ0) is 12.3. The van der Waals surface area contributed by atoms with E-state index in [1.807, 2.05) is 36.1 Å². The van der Waals surface area contributed by atoms with Crippen LogP contribution in [0.2, 0.25) is 0 Å². The number of rotatable bonds is 4. The molecule has 1 amide bonds. The Morgan fingerprint density at radius 3 is 2.47 bits per heavy atom. The van der Waals surface area contributed by atoms with E-state index < -0.39 is 0 Å². The zero-order valence-corrected chi connectivity index (χ0v) is 10.4. The monoisotopic (exact) mass is 232 g/mol. The normalized spacial score (nSPS) is 15.4. The number of hydrogen-bond donors (Lipinski definition) is 1. The van der Waals surface area contributed by atoms with Crippen LogP contribution in [0, 0.1) is 5.92 Å². The Bertz CT molecular complexity index is 382. The van der Waals surface area contributed by atoms with Gasteiger partial charge in [-0.2, -0.15) is 0 Å². The van der Waals surface area contributed by atoms with E-state index in [0.29, 0.717) is 12.3 Å². The maximum atomic E-state index is 12.2. The van der Waals surface area contributed by atoms with E-state index in [1.165, 1.54) is 19.3 Å². The molecule has 1 saturated carbocycles. The van der Waals surface area contributed by atoms with Gasteiger partial charge in [0.05, 0.1) is 0 Å². The van der Waals surface area contributed by atoms with E-state index >= 15 is 0 Å². The minimum atomic E-state index is 0.238. The van der Waals surface area contributed by atoms with Gasteiger partial charge in [0.1, 0.15) is 0 Å². The van der Waals surface area contributed by atoms with Crippen molar-refractivity contribution in [1.82, 2.24) is 0 Å². The Kier molecular flexibility index (Phi) is 3.67. The summed E-state index contributed by atoms with van der Waals surface area (Å²) in [4.78, 5) is 14.0. The van der Waals surface area contributed by atoms with Gasteiger partial charge in [-0.05, 0) is 49.9 Å². The van der Waals surface area contributed by atoms with Crippen LogP contribution in [-0.2, 0) is 4.79 Å². The van der Waals surface area contributed by atoms with Crippen molar-refractivity contribution in [1.29, 1.82) is 0 Å². The standard InChI is InChI=1S/C14H20N2O/c1-2-16(13-8-6-12(15)7-9-13)14(17)10-11-4-3-5-11/h6-9,11H,2-5,10,15H2,1H3. The highest BCUT2D eigenvalue weighted by Gasteiger charge is 2.23. The van der Waals surface area contributed by atoms with Crippen molar-refractivity contribution in [2.45, 2.75) is 32.6 Å². The molecule has 1 aromatic carbocycles. The molecule has 0 heterocycles. The summed E-state index contributed by atoms with van der Waals surface area (Å²) in [6.07, 6.45) is 4.40. The molecule has 0 radical (unpaired) electrons. The second kappa shape index (κ2) is 5.21. The largest absolute Gasteiger partial charge is 0.399 e. The van der Waals surface area contributed by atoms with E-state index in [1.54, 1.807) is 0 Å². The van der Waals surface area contributed by atoms with Gasteiger partial charge in [-0.25, -0.2) is 0 Å². The molecule has 0 atom stereocenters. The van der Waals surface area contributed by atoms with Gasteiger partial charge in [0.2, 0.25) is 5.91 Å². The quantitative estimate of drug-likeness (QED) is 0.811. The summed E-state index contributed by atoms with van der Waals surface area (Å²) < 4.78 is 0. The van der Waals surface area contributed by atoms with Gasteiger partial charge in [0, 0.05) is 24.3 Å². The van der Waals surface area contributed by atoms with Gasteiger partial charge in [-0.3, -0.25) is 4.79 Å². The van der Waals surface area contributed by atoms with Crippen LogP contribution in [0.4, 0.5) is 11.4 Å². The summed E-state index contributed by atoms with van der Waals surface area (Å²) in [6, 6.07) is 7.51. The molecule has 92 valence electrons. The fourth-order valence-electron chi connectivity index (χ4n) is 2.21. The molecule has 0 bridgehead atoms. The average Bonchev–Trinajstić information content (AvgIpc) is 2.27. The van der Waals surface area contributed by atoms with Crippen molar-refractivity contribution in [2.24, 2.45) is 5.92 Å². The molecule has 2 rings (SSSR count). The van der Waals surface area contributed by atoms with Gasteiger partial charge in [-0.1, -0.05) is 6.42 Å². The van der Waals surface area contributed by atoms with Crippen LogP contribution in [0.5, 0.6) is 0 Å². The number of nitrogen functional groups attached to an aromatic ring is 1. The van der Waals surface area contributed by atoms with Gasteiger partial charge in [-0.15, -0.1) is 0 Å². The first-order valence-corrected chi connectivity index (χ1v) is 6.36. The number of hydrogen-bond acceptors (Lipinski definition) is 2. The van der Waals surface area contributed by atoms with Gasteiger partial charge < -0.3 is 10.6 Å². The van der Waals surface area contributed by atoms with Gasteiger partial charge in [0.25, 0.3) is 0 Å². The van der Waals surface area contributed by atoms with Crippen LogP contribution in [0.25, 0.3) is 0 Å². The first kappa shape index (κ1) is 12.0. The number of carbonyl (C=O) groups is 1. The van der Waals surface area contributed by atoms with Crippen molar-refractivity contribution in [3.05, 3.63) is 24.3 Å². The predicted molar refractivity (Wildman–Crippen MR) is 70.8 cm³/mol. The Balaban J connectivity index is 2.03. The number of anilines is 2. The Labute approximate surface area is 103 Å². The molecule has 2 N–H and O–H groups in total. The first-order valence-electron chi connectivity index (χ1n) is 6.36. The lowest BCUT2D eigenvalue weighted by atomic mass is 9.82. The molecule has 3 nitrogen and oxygen atoms in total. The Hall–Kier alpha value is -1.51. The van der Waals surface area contributed by atoms with E-state index in [-0.39, 0.29) is 5.91 Å². The van der Waals surface area contributed by atoms with E-state index in [2.05, 4.69) is 0 Å². The van der Waals surface area contributed by atoms with Crippen LogP contribution in [-0.4, -0.2) is 12.5 Å². The van der Waals surface area contributed by atoms with E-state index in [9.17, 15) is 4.79 Å². The fourth-order valence-corrected chi connectivity index (χ4v) is 2.21. The van der Waals surface area contributed by atoms with Crippen LogP contribution >= 0.6 is 0 Å². The molecule has 1 fully saturated rings. The molecule has 3 heteroatoms. The molecule has 0 spiro atoms. The van der Waals surface area contributed by atoms with Crippen molar-refractivity contribution < 1.29 is 4.79 Å². The van der Waals surface area contributed by atoms with Crippen molar-refractivity contribution in [2.75, 3.05) is 17.2 Å². The van der Waals surface area contributed by atoms with Crippen LogP contribution in [0.1, 0.15) is 32.6 Å². The summed E-state index contributed by atoms with van der Waals surface area (Å²) in [5.74, 6) is 0.854. The van der Waals surface area contributed by atoms with Crippen molar-refractivity contribution >= 4 is 17.3 Å². The Morgan fingerprint density at radius 1 is 1.35 bits per heavy atom. The van der Waals surface area contributed by atoms with Gasteiger partial charge >= 0.3 is 0 Å². The number of nitrogens with two attached hydrogens (primary N) is 1. The van der Waals surface area contributed by atoms with Crippen molar-refractivity contribution in [3.63, 3.8) is 0 Å². The van der Waals surface area contributed by atoms with Gasteiger partial charge in [0.15, 0.2) is 0 Å². The lowest BCUT2D eigenvalue weighted by molar-refractivity contribution is -0.120. The van der Waals surface area contributed by atoms with Crippen LogP contribution < -0.4 is 10.6 Å². The maximum Gasteiger partial charge on any atom is 0.227 e. The van der Waals surface area contributed by atoms with E-state index in [4.69, 9.17) is 5.73 Å². The minimum absolute atomic E-state index is 0.238. The lowest BCUT2D eigenvalue weighted by Gasteiger charge is -2.28. The summed E-state index contributed by atoms with van der Waals surface area (Å²) in [5.41, 5.74) is 7.33. The first-order chi connectivity index (χ1) is 8.20. The molecule has 0 saturated heterocycles. The second-order valence-electron chi connectivity index (χ2n) is 4.73.